The molecule has 0 spiro atoms. The average molecular weight is 390 g/mol. The summed E-state index contributed by atoms with van der Waals surface area (Å²) >= 11 is 0. The fourth-order valence-electron chi connectivity index (χ4n) is 2.36. The lowest BCUT2D eigenvalue weighted by molar-refractivity contribution is -0.143. The minimum absolute atomic E-state index is 0.0406. The number of oxazole rings is 1. The van der Waals surface area contributed by atoms with E-state index in [2.05, 4.69) is 10.3 Å². The standard InChI is InChI=1S/C16H8F6N2O3/c17-15(18,19)8-4-7(5-9(6-8)16(20,21)22)13(25)23-10-2-1-3-11-12(10)24-14(26)27-11/h1-6H,(H,23,25)(H,24,26). The van der Waals surface area contributed by atoms with Crippen LogP contribution in [0, 0.1) is 0 Å². The first-order valence-electron chi connectivity index (χ1n) is 7.18. The Labute approximate surface area is 145 Å². The first kappa shape index (κ1) is 18.5. The Kier molecular flexibility index (Phi) is 4.25. The van der Waals surface area contributed by atoms with Crippen molar-refractivity contribution in [3.63, 3.8) is 0 Å². The molecule has 0 saturated heterocycles. The van der Waals surface area contributed by atoms with Gasteiger partial charge in [-0.1, -0.05) is 6.07 Å². The van der Waals surface area contributed by atoms with Crippen molar-refractivity contribution in [2.24, 2.45) is 0 Å². The molecule has 1 aromatic heterocycles. The predicted octanol–water partition coefficient (Wildman–Crippen LogP) is 4.41. The third-order valence-electron chi connectivity index (χ3n) is 3.55. The molecule has 0 bridgehead atoms. The number of hydrogen-bond donors (Lipinski definition) is 2. The fourth-order valence-corrected chi connectivity index (χ4v) is 2.36. The van der Waals surface area contributed by atoms with E-state index < -0.39 is 40.7 Å². The van der Waals surface area contributed by atoms with E-state index in [1.807, 2.05) is 0 Å². The number of aromatic amines is 1. The Bertz CT molecular complexity index is 1050. The lowest BCUT2D eigenvalue weighted by Gasteiger charge is -2.14. The second-order valence-electron chi connectivity index (χ2n) is 5.44. The Morgan fingerprint density at radius 1 is 0.963 bits per heavy atom. The maximum Gasteiger partial charge on any atom is 0.417 e. The van der Waals surface area contributed by atoms with E-state index in [4.69, 9.17) is 4.42 Å². The average Bonchev–Trinajstić information content (AvgIpc) is 2.94. The highest BCUT2D eigenvalue weighted by Crippen LogP contribution is 2.36. The number of fused-ring (bicyclic) bond motifs is 1. The van der Waals surface area contributed by atoms with Crippen molar-refractivity contribution in [1.29, 1.82) is 0 Å². The van der Waals surface area contributed by atoms with Crippen molar-refractivity contribution in [3.8, 4) is 0 Å². The topological polar surface area (TPSA) is 75.1 Å². The third kappa shape index (κ3) is 3.81. The normalized spacial score (nSPS) is 12.4. The molecule has 3 rings (SSSR count). The summed E-state index contributed by atoms with van der Waals surface area (Å²) in [5.41, 5.74) is -4.03. The molecule has 0 radical (unpaired) electrons. The summed E-state index contributed by atoms with van der Waals surface area (Å²) in [6, 6.07) is 4.59. The molecule has 0 aliphatic carbocycles. The molecular formula is C16H8F6N2O3. The molecule has 0 aliphatic heterocycles. The monoisotopic (exact) mass is 390 g/mol. The molecule has 0 saturated carbocycles. The fraction of sp³-hybridized carbons (Fsp3) is 0.125. The molecule has 142 valence electrons. The van der Waals surface area contributed by atoms with Gasteiger partial charge < -0.3 is 9.73 Å². The van der Waals surface area contributed by atoms with Gasteiger partial charge in [0.25, 0.3) is 5.91 Å². The van der Waals surface area contributed by atoms with Crippen LogP contribution < -0.4 is 11.1 Å². The van der Waals surface area contributed by atoms with Gasteiger partial charge in [-0.2, -0.15) is 26.3 Å². The van der Waals surface area contributed by atoms with E-state index in [1.54, 1.807) is 0 Å². The van der Waals surface area contributed by atoms with Gasteiger partial charge in [-0.15, -0.1) is 0 Å². The van der Waals surface area contributed by atoms with E-state index in [-0.39, 0.29) is 22.9 Å². The zero-order valence-corrected chi connectivity index (χ0v) is 13.0. The molecule has 11 heteroatoms. The molecule has 0 fully saturated rings. The van der Waals surface area contributed by atoms with E-state index in [1.165, 1.54) is 18.2 Å². The number of anilines is 1. The van der Waals surface area contributed by atoms with Gasteiger partial charge in [0.15, 0.2) is 5.58 Å². The maximum absolute atomic E-state index is 12.9. The zero-order valence-electron chi connectivity index (χ0n) is 13.0. The maximum atomic E-state index is 12.9. The molecule has 2 aromatic carbocycles. The molecule has 1 amide bonds. The molecular weight excluding hydrogens is 382 g/mol. The lowest BCUT2D eigenvalue weighted by Crippen LogP contribution is -2.17. The molecule has 2 N–H and O–H groups in total. The first-order valence-corrected chi connectivity index (χ1v) is 7.18. The highest BCUT2D eigenvalue weighted by molar-refractivity contribution is 6.08. The Morgan fingerprint density at radius 3 is 2.11 bits per heavy atom. The summed E-state index contributed by atoms with van der Waals surface area (Å²) in [6.45, 7) is 0. The number of halogens is 6. The van der Waals surface area contributed by atoms with Gasteiger partial charge >= 0.3 is 18.1 Å². The number of carbonyl (C=O) groups is 1. The quantitative estimate of drug-likeness (QED) is 0.637. The SMILES string of the molecule is O=C(Nc1cccc2oc(=O)[nH]c12)c1cc(C(F)(F)F)cc(C(F)(F)F)c1. The van der Waals surface area contributed by atoms with Gasteiger partial charge in [-0.25, -0.2) is 4.79 Å². The van der Waals surface area contributed by atoms with Gasteiger partial charge in [0.1, 0.15) is 5.52 Å². The number of amides is 1. The summed E-state index contributed by atoms with van der Waals surface area (Å²) < 4.78 is 82.1. The molecule has 27 heavy (non-hydrogen) atoms. The molecule has 0 unspecified atom stereocenters. The van der Waals surface area contributed by atoms with Crippen molar-refractivity contribution in [2.45, 2.75) is 12.4 Å². The van der Waals surface area contributed by atoms with Gasteiger partial charge in [0.05, 0.1) is 16.8 Å². The van der Waals surface area contributed by atoms with Crippen LogP contribution >= 0.6 is 0 Å². The van der Waals surface area contributed by atoms with Gasteiger partial charge in [0.2, 0.25) is 0 Å². The van der Waals surface area contributed by atoms with Crippen LogP contribution in [0.1, 0.15) is 21.5 Å². The minimum Gasteiger partial charge on any atom is -0.408 e. The number of aromatic nitrogens is 1. The van der Waals surface area contributed by atoms with Crippen LogP contribution in [0.25, 0.3) is 11.1 Å². The lowest BCUT2D eigenvalue weighted by atomic mass is 10.0. The summed E-state index contributed by atoms with van der Waals surface area (Å²) in [5.74, 6) is -2.06. The first-order chi connectivity index (χ1) is 12.4. The molecule has 0 atom stereocenters. The summed E-state index contributed by atoms with van der Waals surface area (Å²) in [6.07, 6.45) is -10.2. The van der Waals surface area contributed by atoms with Crippen molar-refractivity contribution in [1.82, 2.24) is 4.98 Å². The molecule has 0 aliphatic rings. The van der Waals surface area contributed by atoms with Crippen LogP contribution in [0.4, 0.5) is 32.0 Å². The number of alkyl halides is 6. The molecule has 3 aromatic rings. The minimum atomic E-state index is -5.08. The summed E-state index contributed by atoms with van der Waals surface area (Å²) in [5, 5.41) is 2.17. The van der Waals surface area contributed by atoms with E-state index >= 15 is 0 Å². The molecule has 5 nitrogen and oxygen atoms in total. The second kappa shape index (κ2) is 6.18. The number of rotatable bonds is 2. The Hall–Kier alpha value is -3.24. The number of hydrogen-bond acceptors (Lipinski definition) is 3. The summed E-state index contributed by atoms with van der Waals surface area (Å²) in [4.78, 5) is 25.7. The van der Waals surface area contributed by atoms with Crippen molar-refractivity contribution >= 4 is 22.7 Å². The van der Waals surface area contributed by atoms with Crippen LogP contribution in [0.15, 0.2) is 45.6 Å². The zero-order chi connectivity index (χ0) is 20.0. The highest BCUT2D eigenvalue weighted by Gasteiger charge is 2.37. The number of benzene rings is 2. The van der Waals surface area contributed by atoms with E-state index in [0.717, 1.165) is 0 Å². The largest absolute Gasteiger partial charge is 0.417 e. The number of H-pyrrole nitrogens is 1. The van der Waals surface area contributed by atoms with Gasteiger partial charge in [0, 0.05) is 5.56 Å². The van der Waals surface area contributed by atoms with Crippen molar-refractivity contribution in [3.05, 3.63) is 63.6 Å². The van der Waals surface area contributed by atoms with Crippen molar-refractivity contribution < 1.29 is 35.6 Å². The highest BCUT2D eigenvalue weighted by atomic mass is 19.4. The second-order valence-corrected chi connectivity index (χ2v) is 5.44. The smallest absolute Gasteiger partial charge is 0.408 e. The van der Waals surface area contributed by atoms with E-state index in [0.29, 0.717) is 12.1 Å². The number of nitrogens with one attached hydrogen (secondary N) is 2. The Morgan fingerprint density at radius 2 is 1.56 bits per heavy atom. The van der Waals surface area contributed by atoms with Crippen LogP contribution in [-0.2, 0) is 12.4 Å². The van der Waals surface area contributed by atoms with Crippen LogP contribution in [-0.4, -0.2) is 10.9 Å². The van der Waals surface area contributed by atoms with Crippen LogP contribution in [0.2, 0.25) is 0 Å². The van der Waals surface area contributed by atoms with Gasteiger partial charge in [-0.3, -0.25) is 9.78 Å². The number of para-hydroxylation sites is 1. The third-order valence-corrected chi connectivity index (χ3v) is 3.55. The van der Waals surface area contributed by atoms with Crippen LogP contribution in [0.5, 0.6) is 0 Å². The Balaban J connectivity index is 2.04. The number of carbonyl (C=O) groups excluding carboxylic acids is 1. The van der Waals surface area contributed by atoms with Gasteiger partial charge in [-0.05, 0) is 30.3 Å². The predicted molar refractivity (Wildman–Crippen MR) is 81.2 cm³/mol. The van der Waals surface area contributed by atoms with Crippen LogP contribution in [0.3, 0.4) is 0 Å². The van der Waals surface area contributed by atoms with Crippen molar-refractivity contribution in [2.75, 3.05) is 5.32 Å². The molecule has 1 heterocycles. The van der Waals surface area contributed by atoms with E-state index in [9.17, 15) is 35.9 Å². The summed E-state index contributed by atoms with van der Waals surface area (Å²) in [7, 11) is 0.